The molecule has 0 amide bonds. The number of pyridine rings is 2. The van der Waals surface area contributed by atoms with Crippen molar-refractivity contribution >= 4 is 22.7 Å². The smallest absolute Gasteiger partial charge is 0.258 e. The third-order valence-electron chi connectivity index (χ3n) is 9.62. The van der Waals surface area contributed by atoms with Crippen LogP contribution in [0.15, 0.2) is 107 Å². The van der Waals surface area contributed by atoms with Gasteiger partial charge < -0.3 is 29.5 Å². The molecule has 1 N–H and O–H groups in total. The maximum atomic E-state index is 12.7. The maximum absolute atomic E-state index is 12.7. The van der Waals surface area contributed by atoms with Gasteiger partial charge in [0.25, 0.3) is 11.1 Å². The van der Waals surface area contributed by atoms with Crippen LogP contribution in [0.4, 0.5) is 11.4 Å². The molecule has 4 aromatic heterocycles. The molecule has 12 heteroatoms. The molecule has 2 saturated heterocycles. The van der Waals surface area contributed by atoms with Crippen molar-refractivity contribution in [2.45, 2.75) is 13.0 Å². The van der Waals surface area contributed by atoms with Crippen molar-refractivity contribution in [1.82, 2.24) is 29.0 Å². The zero-order valence-electron chi connectivity index (χ0n) is 30.0. The van der Waals surface area contributed by atoms with E-state index in [1.165, 1.54) is 0 Å². The first-order valence-electron chi connectivity index (χ1n) is 17.6. The van der Waals surface area contributed by atoms with Gasteiger partial charge in [-0.25, -0.2) is 9.97 Å². The number of methoxy groups -OCH3 is 2. The molecule has 0 saturated carbocycles. The number of fused-ring (bicyclic) bond motifs is 2. The highest BCUT2D eigenvalue weighted by molar-refractivity contribution is 5.65. The molecule has 2 aromatic carbocycles. The summed E-state index contributed by atoms with van der Waals surface area (Å²) in [4.78, 5) is 41.6. The fourth-order valence-electron chi connectivity index (χ4n) is 6.65. The Kier molecular flexibility index (Phi) is 10.2. The summed E-state index contributed by atoms with van der Waals surface area (Å²) in [6, 6.07) is 26.7. The van der Waals surface area contributed by atoms with Gasteiger partial charge in [0.15, 0.2) is 0 Å². The lowest BCUT2D eigenvalue weighted by atomic mass is 10.1. The number of anilines is 2. The SMILES string of the molecule is COc1cccc(-c2cc(=O)n3cc(N4CCN(C)CC4)ccc3n2)c1.COc1cccc(-c2cc(=O)n3cc(N4CCN[C@H](C)C4)ccc3n2)c1. The Balaban J connectivity index is 0.000000162. The van der Waals surface area contributed by atoms with E-state index >= 15 is 0 Å². The molecule has 6 aromatic rings. The fraction of sp³-hybridized carbons (Fsp3) is 0.300. The third kappa shape index (κ3) is 7.63. The van der Waals surface area contributed by atoms with Crippen LogP contribution in [-0.4, -0.2) is 96.8 Å². The first-order valence-corrected chi connectivity index (χ1v) is 17.6. The number of aromatic nitrogens is 4. The summed E-state index contributed by atoms with van der Waals surface area (Å²) in [5.41, 5.74) is 6.26. The summed E-state index contributed by atoms with van der Waals surface area (Å²) in [5.74, 6) is 1.49. The Bertz CT molecular complexity index is 2310. The van der Waals surface area contributed by atoms with E-state index < -0.39 is 0 Å². The van der Waals surface area contributed by atoms with Crippen molar-refractivity contribution < 1.29 is 9.47 Å². The van der Waals surface area contributed by atoms with E-state index in [0.717, 1.165) is 79.8 Å². The summed E-state index contributed by atoms with van der Waals surface area (Å²) in [6.45, 7) is 8.95. The Morgan fingerprint density at radius 3 is 1.67 bits per heavy atom. The number of benzene rings is 2. The lowest BCUT2D eigenvalue weighted by Gasteiger charge is -2.34. The van der Waals surface area contributed by atoms with Crippen molar-refractivity contribution in [3.63, 3.8) is 0 Å². The molecule has 268 valence electrons. The molecule has 0 unspecified atom stereocenters. The standard InChI is InChI=1S/2C20H22N4O2/c1-22-8-10-23(11-9-22)16-6-7-19-21-18(13-20(25)24(19)14-16)15-4-3-5-17(12-15)26-2;1-14-12-23(9-8-21-14)16-6-7-19-22-18(11-20(25)24(19)13-16)15-4-3-5-17(10-15)26-2/h3-7,12-14H,8-11H2,1-2H3;3-7,10-11,13-14,21H,8-9,12H2,1-2H3/t;14-/m.1/s1. The Labute approximate surface area is 302 Å². The molecule has 0 aliphatic carbocycles. The quantitative estimate of drug-likeness (QED) is 0.271. The number of piperazine rings is 2. The summed E-state index contributed by atoms with van der Waals surface area (Å²) in [7, 11) is 5.38. The van der Waals surface area contributed by atoms with Crippen molar-refractivity contribution in [3.05, 3.63) is 118 Å². The average Bonchev–Trinajstić information content (AvgIpc) is 3.18. The van der Waals surface area contributed by atoms with E-state index in [9.17, 15) is 9.59 Å². The van der Waals surface area contributed by atoms with Crippen LogP contribution in [-0.2, 0) is 0 Å². The molecule has 1 atom stereocenters. The minimum atomic E-state index is -0.0853. The van der Waals surface area contributed by atoms with Gasteiger partial charge in [-0.2, -0.15) is 0 Å². The second-order valence-electron chi connectivity index (χ2n) is 13.2. The van der Waals surface area contributed by atoms with Gasteiger partial charge in [-0.05, 0) is 62.5 Å². The Hall–Kier alpha value is -5.72. The van der Waals surface area contributed by atoms with Gasteiger partial charge in [0, 0.05) is 87.5 Å². The van der Waals surface area contributed by atoms with E-state index in [1.54, 1.807) is 35.2 Å². The lowest BCUT2D eigenvalue weighted by molar-refractivity contribution is 0.313. The predicted molar refractivity (Wildman–Crippen MR) is 206 cm³/mol. The molecule has 6 heterocycles. The minimum Gasteiger partial charge on any atom is -0.497 e. The van der Waals surface area contributed by atoms with Gasteiger partial charge in [-0.15, -0.1) is 0 Å². The number of ether oxygens (including phenoxy) is 2. The highest BCUT2D eigenvalue weighted by atomic mass is 16.5. The largest absolute Gasteiger partial charge is 0.497 e. The van der Waals surface area contributed by atoms with Crippen molar-refractivity contribution in [2.75, 3.05) is 76.9 Å². The molecular weight excluding hydrogens is 656 g/mol. The Morgan fingerprint density at radius 2 is 1.17 bits per heavy atom. The molecule has 0 spiro atoms. The molecular formula is C40H44N8O4. The van der Waals surface area contributed by atoms with Gasteiger partial charge in [0.1, 0.15) is 22.8 Å². The van der Waals surface area contributed by atoms with Gasteiger partial charge >= 0.3 is 0 Å². The van der Waals surface area contributed by atoms with Gasteiger partial charge in [0.05, 0.1) is 37.0 Å². The van der Waals surface area contributed by atoms with Crippen LogP contribution >= 0.6 is 0 Å². The Morgan fingerprint density at radius 1 is 0.654 bits per heavy atom. The van der Waals surface area contributed by atoms with Gasteiger partial charge in [-0.3, -0.25) is 18.4 Å². The number of rotatable bonds is 6. The molecule has 0 bridgehead atoms. The van der Waals surface area contributed by atoms with Crippen molar-refractivity contribution in [3.8, 4) is 34.0 Å². The van der Waals surface area contributed by atoms with Crippen molar-refractivity contribution in [2.24, 2.45) is 0 Å². The monoisotopic (exact) mass is 700 g/mol. The van der Waals surface area contributed by atoms with Crippen LogP contribution in [0.3, 0.4) is 0 Å². The molecule has 2 aliphatic heterocycles. The zero-order valence-corrected chi connectivity index (χ0v) is 30.0. The molecule has 12 nitrogen and oxygen atoms in total. The molecule has 52 heavy (non-hydrogen) atoms. The lowest BCUT2D eigenvalue weighted by Crippen LogP contribution is -2.49. The van der Waals surface area contributed by atoms with Crippen LogP contribution in [0.1, 0.15) is 6.92 Å². The number of likely N-dealkylation sites (N-methyl/N-ethyl adjacent to an activating group) is 1. The second kappa shape index (κ2) is 15.3. The first-order chi connectivity index (χ1) is 25.3. The van der Waals surface area contributed by atoms with Crippen LogP contribution in [0.2, 0.25) is 0 Å². The molecule has 2 aliphatic rings. The van der Waals surface area contributed by atoms with Crippen LogP contribution < -0.4 is 35.7 Å². The normalized spacial score (nSPS) is 16.4. The van der Waals surface area contributed by atoms with E-state index in [4.69, 9.17) is 9.47 Å². The average molecular weight is 701 g/mol. The number of nitrogens with one attached hydrogen (secondary N) is 1. The van der Waals surface area contributed by atoms with Crippen LogP contribution in [0.25, 0.3) is 33.8 Å². The van der Waals surface area contributed by atoms with E-state index in [1.807, 2.05) is 85.2 Å². The van der Waals surface area contributed by atoms with Gasteiger partial charge in [0.2, 0.25) is 0 Å². The second-order valence-corrected chi connectivity index (χ2v) is 13.2. The fourth-order valence-corrected chi connectivity index (χ4v) is 6.65. The third-order valence-corrected chi connectivity index (χ3v) is 9.62. The molecule has 8 rings (SSSR count). The van der Waals surface area contributed by atoms with Crippen LogP contribution in [0.5, 0.6) is 11.5 Å². The molecule has 2 fully saturated rings. The summed E-state index contributed by atoms with van der Waals surface area (Å²) in [5, 5.41) is 3.43. The minimum absolute atomic E-state index is 0.0798. The number of nitrogens with zero attached hydrogens (tertiary/aromatic N) is 7. The number of hydrogen-bond donors (Lipinski definition) is 1. The van der Waals surface area contributed by atoms with Crippen molar-refractivity contribution in [1.29, 1.82) is 0 Å². The van der Waals surface area contributed by atoms with Crippen LogP contribution in [0, 0.1) is 0 Å². The van der Waals surface area contributed by atoms with E-state index in [-0.39, 0.29) is 11.1 Å². The highest BCUT2D eigenvalue weighted by Crippen LogP contribution is 2.24. The predicted octanol–water partition coefficient (Wildman–Crippen LogP) is 4.29. The topological polar surface area (TPSA) is 109 Å². The van der Waals surface area contributed by atoms with E-state index in [2.05, 4.69) is 44.0 Å². The highest BCUT2D eigenvalue weighted by Gasteiger charge is 2.18. The van der Waals surface area contributed by atoms with E-state index in [0.29, 0.717) is 28.7 Å². The number of hydrogen-bond acceptors (Lipinski definition) is 10. The summed E-state index contributed by atoms with van der Waals surface area (Å²) >= 11 is 0. The first kappa shape index (κ1) is 34.7. The molecule has 0 radical (unpaired) electrons. The summed E-state index contributed by atoms with van der Waals surface area (Å²) < 4.78 is 13.8. The zero-order chi connectivity index (χ0) is 36.2. The summed E-state index contributed by atoms with van der Waals surface area (Å²) in [6.07, 6.45) is 3.78. The maximum Gasteiger partial charge on any atom is 0.258 e. The van der Waals surface area contributed by atoms with Gasteiger partial charge in [-0.1, -0.05) is 24.3 Å².